The van der Waals surface area contributed by atoms with Crippen LogP contribution in [0, 0.1) is 18.3 Å². The highest BCUT2D eigenvalue weighted by Crippen LogP contribution is 2.26. The molecule has 0 bridgehead atoms. The Bertz CT molecular complexity index is 671. The van der Waals surface area contributed by atoms with Gasteiger partial charge < -0.3 is 9.47 Å². The Morgan fingerprint density at radius 1 is 1.13 bits per heavy atom. The van der Waals surface area contributed by atoms with Gasteiger partial charge in [0.05, 0.1) is 25.7 Å². The summed E-state index contributed by atoms with van der Waals surface area (Å²) in [5, 5.41) is 9.47. The van der Waals surface area contributed by atoms with Gasteiger partial charge in [-0.05, 0) is 42.7 Å². The van der Waals surface area contributed by atoms with Crippen molar-refractivity contribution in [2.24, 2.45) is 0 Å². The molecule has 3 heteroatoms. The molecule has 2 rings (SSSR count). The Morgan fingerprint density at radius 2 is 1.87 bits per heavy atom. The monoisotopic (exact) mass is 309 g/mol. The van der Waals surface area contributed by atoms with Crippen molar-refractivity contribution in [1.29, 1.82) is 5.26 Å². The van der Waals surface area contributed by atoms with Crippen LogP contribution < -0.4 is 9.47 Å². The summed E-state index contributed by atoms with van der Waals surface area (Å²) in [6.45, 7) is 4.66. The quantitative estimate of drug-likeness (QED) is 0.748. The molecule has 0 radical (unpaired) electrons. The lowest BCUT2D eigenvalue weighted by Crippen LogP contribution is -2.05. The van der Waals surface area contributed by atoms with Gasteiger partial charge in [-0.3, -0.25) is 0 Å². The summed E-state index contributed by atoms with van der Waals surface area (Å²) in [4.78, 5) is 0. The van der Waals surface area contributed by atoms with E-state index in [-0.39, 0.29) is 5.92 Å². The molecule has 0 aliphatic heterocycles. The smallest absolute Gasteiger partial charge is 0.122 e. The molecule has 0 aliphatic rings. The fourth-order valence-electron chi connectivity index (χ4n) is 2.53. The number of hydrogen-bond acceptors (Lipinski definition) is 3. The van der Waals surface area contributed by atoms with E-state index in [4.69, 9.17) is 9.47 Å². The molecule has 2 aromatic carbocycles. The van der Waals surface area contributed by atoms with Crippen LogP contribution in [-0.2, 0) is 6.42 Å². The number of benzene rings is 2. The largest absolute Gasteiger partial charge is 0.496 e. The van der Waals surface area contributed by atoms with E-state index < -0.39 is 0 Å². The molecule has 2 aromatic rings. The summed E-state index contributed by atoms with van der Waals surface area (Å²) in [6.07, 6.45) is 1.55. The van der Waals surface area contributed by atoms with E-state index in [0.717, 1.165) is 29.0 Å². The molecule has 0 heterocycles. The van der Waals surface area contributed by atoms with Gasteiger partial charge >= 0.3 is 0 Å². The third-order valence-corrected chi connectivity index (χ3v) is 3.94. The fourth-order valence-corrected chi connectivity index (χ4v) is 2.53. The van der Waals surface area contributed by atoms with Crippen LogP contribution in [0.25, 0.3) is 0 Å². The van der Waals surface area contributed by atoms with Crippen molar-refractivity contribution < 1.29 is 9.47 Å². The van der Waals surface area contributed by atoms with Crippen LogP contribution >= 0.6 is 0 Å². The average Bonchev–Trinajstić information content (AvgIpc) is 2.59. The van der Waals surface area contributed by atoms with Gasteiger partial charge in [0.15, 0.2) is 0 Å². The highest BCUT2D eigenvalue weighted by molar-refractivity contribution is 5.40. The molecule has 23 heavy (non-hydrogen) atoms. The number of rotatable bonds is 7. The van der Waals surface area contributed by atoms with Crippen LogP contribution in [0.5, 0.6) is 11.5 Å². The van der Waals surface area contributed by atoms with Crippen LogP contribution in [0.2, 0.25) is 0 Å². The summed E-state index contributed by atoms with van der Waals surface area (Å²) in [5.74, 6) is 1.55. The zero-order valence-electron chi connectivity index (χ0n) is 14.0. The third-order valence-electron chi connectivity index (χ3n) is 3.94. The first kappa shape index (κ1) is 16.9. The van der Waals surface area contributed by atoms with E-state index >= 15 is 0 Å². The minimum atomic E-state index is -0.170. The molecule has 0 aromatic heterocycles. The van der Waals surface area contributed by atoms with Crippen molar-refractivity contribution in [3.63, 3.8) is 0 Å². The number of aryl methyl sites for hydroxylation is 2. The Kier molecular flexibility index (Phi) is 6.05. The van der Waals surface area contributed by atoms with Gasteiger partial charge in [-0.15, -0.1) is 0 Å². The van der Waals surface area contributed by atoms with Gasteiger partial charge in [0.1, 0.15) is 11.5 Å². The van der Waals surface area contributed by atoms with E-state index in [0.29, 0.717) is 13.0 Å². The predicted octanol–water partition coefficient (Wildman–Crippen LogP) is 4.64. The predicted molar refractivity (Wildman–Crippen MR) is 92.0 cm³/mol. The Balaban J connectivity index is 2.00. The summed E-state index contributed by atoms with van der Waals surface area (Å²) in [7, 11) is 1.67. The van der Waals surface area contributed by atoms with E-state index in [9.17, 15) is 5.26 Å². The highest BCUT2D eigenvalue weighted by atomic mass is 16.5. The second-order valence-electron chi connectivity index (χ2n) is 5.56. The third kappa shape index (κ3) is 4.50. The second-order valence-corrected chi connectivity index (χ2v) is 5.56. The lowest BCUT2D eigenvalue weighted by molar-refractivity contribution is 0.306. The van der Waals surface area contributed by atoms with E-state index in [2.05, 4.69) is 19.1 Å². The minimum absolute atomic E-state index is 0.170. The molecular formula is C20H23NO2. The maximum Gasteiger partial charge on any atom is 0.122 e. The number of nitriles is 1. The standard InChI is InChI=1S/C20H23NO2/c1-4-16-13-17(7-10-20(16)22-3)18(14-21)11-12-23-19-8-5-15(2)6-9-19/h5-10,13,18H,4,11-12H2,1-3H3. The molecule has 1 unspecified atom stereocenters. The lowest BCUT2D eigenvalue weighted by atomic mass is 9.95. The first-order valence-electron chi connectivity index (χ1n) is 7.93. The molecule has 0 spiro atoms. The maximum atomic E-state index is 9.47. The number of hydrogen-bond donors (Lipinski definition) is 0. The Morgan fingerprint density at radius 3 is 2.48 bits per heavy atom. The summed E-state index contributed by atoms with van der Waals surface area (Å²) >= 11 is 0. The number of ether oxygens (including phenoxy) is 2. The van der Waals surface area contributed by atoms with Crippen molar-refractivity contribution in [2.75, 3.05) is 13.7 Å². The second kappa shape index (κ2) is 8.24. The summed E-state index contributed by atoms with van der Waals surface area (Å²) < 4.78 is 11.1. The Hall–Kier alpha value is -2.47. The molecule has 0 aliphatic carbocycles. The van der Waals surface area contributed by atoms with Crippen LogP contribution in [0.15, 0.2) is 42.5 Å². The highest BCUT2D eigenvalue weighted by Gasteiger charge is 2.13. The van der Waals surface area contributed by atoms with Crippen molar-refractivity contribution >= 4 is 0 Å². The van der Waals surface area contributed by atoms with Gasteiger partial charge in [-0.25, -0.2) is 0 Å². The molecular weight excluding hydrogens is 286 g/mol. The molecule has 0 saturated heterocycles. The van der Waals surface area contributed by atoms with E-state index in [1.54, 1.807) is 7.11 Å². The summed E-state index contributed by atoms with van der Waals surface area (Å²) in [6, 6.07) is 16.3. The molecule has 0 fully saturated rings. The molecule has 1 atom stereocenters. The van der Waals surface area contributed by atoms with E-state index in [1.165, 1.54) is 5.56 Å². The van der Waals surface area contributed by atoms with Crippen LogP contribution in [0.1, 0.15) is 36.0 Å². The number of methoxy groups -OCH3 is 1. The minimum Gasteiger partial charge on any atom is -0.496 e. The zero-order valence-corrected chi connectivity index (χ0v) is 14.0. The molecule has 0 amide bonds. The molecule has 0 saturated carbocycles. The SMILES string of the molecule is CCc1cc(C(C#N)CCOc2ccc(C)cc2)ccc1OC. The normalized spacial score (nSPS) is 11.6. The van der Waals surface area contributed by atoms with Crippen LogP contribution in [-0.4, -0.2) is 13.7 Å². The van der Waals surface area contributed by atoms with Crippen LogP contribution in [0.3, 0.4) is 0 Å². The first-order chi connectivity index (χ1) is 11.2. The van der Waals surface area contributed by atoms with Gasteiger partial charge in [0, 0.05) is 6.42 Å². The van der Waals surface area contributed by atoms with Crippen molar-refractivity contribution in [3.05, 3.63) is 59.2 Å². The Labute approximate surface area is 138 Å². The molecule has 120 valence electrons. The first-order valence-corrected chi connectivity index (χ1v) is 7.93. The molecule has 3 nitrogen and oxygen atoms in total. The maximum absolute atomic E-state index is 9.47. The van der Waals surface area contributed by atoms with Gasteiger partial charge in [0.2, 0.25) is 0 Å². The topological polar surface area (TPSA) is 42.2 Å². The van der Waals surface area contributed by atoms with Gasteiger partial charge in [-0.1, -0.05) is 36.8 Å². The van der Waals surface area contributed by atoms with Crippen LogP contribution in [0.4, 0.5) is 0 Å². The van der Waals surface area contributed by atoms with Crippen molar-refractivity contribution in [2.45, 2.75) is 32.6 Å². The fraction of sp³-hybridized carbons (Fsp3) is 0.350. The van der Waals surface area contributed by atoms with E-state index in [1.807, 2.05) is 43.3 Å². The number of nitrogens with zero attached hydrogens (tertiary/aromatic N) is 1. The average molecular weight is 309 g/mol. The van der Waals surface area contributed by atoms with Gasteiger partial charge in [0.25, 0.3) is 0 Å². The van der Waals surface area contributed by atoms with Crippen molar-refractivity contribution in [3.8, 4) is 17.6 Å². The van der Waals surface area contributed by atoms with Crippen molar-refractivity contribution in [1.82, 2.24) is 0 Å². The van der Waals surface area contributed by atoms with Gasteiger partial charge in [-0.2, -0.15) is 5.26 Å². The molecule has 0 N–H and O–H groups in total. The summed E-state index contributed by atoms with van der Waals surface area (Å²) in [5.41, 5.74) is 3.36. The lowest BCUT2D eigenvalue weighted by Gasteiger charge is -2.14. The zero-order chi connectivity index (χ0) is 16.7.